The Balaban J connectivity index is 1.72. The van der Waals surface area contributed by atoms with Gasteiger partial charge >= 0.3 is 0 Å². The maximum Gasteiger partial charge on any atom is 0.255 e. The lowest BCUT2D eigenvalue weighted by atomic mass is 9.94. The number of allylic oxidation sites excluding steroid dienone is 1. The molecule has 2 N–H and O–H groups in total. The number of nitrogens with one attached hydrogen (secondary N) is 2. The van der Waals surface area contributed by atoms with Crippen LogP contribution in [-0.4, -0.2) is 33.8 Å². The molecule has 0 saturated heterocycles. The van der Waals surface area contributed by atoms with E-state index in [4.69, 9.17) is 0 Å². The van der Waals surface area contributed by atoms with E-state index in [2.05, 4.69) is 63.7 Å². The van der Waals surface area contributed by atoms with E-state index in [-0.39, 0.29) is 11.9 Å². The first-order chi connectivity index (χ1) is 14.6. The molecule has 0 fully saturated rings. The molecule has 3 aromatic rings. The molecule has 4 rings (SSSR count). The van der Waals surface area contributed by atoms with Gasteiger partial charge in [0, 0.05) is 30.2 Å². The average molecular weight is 403 g/mol. The predicted octanol–water partition coefficient (Wildman–Crippen LogP) is 4.05. The van der Waals surface area contributed by atoms with Crippen molar-refractivity contribution in [2.75, 3.05) is 28.6 Å². The van der Waals surface area contributed by atoms with E-state index >= 15 is 0 Å². The number of anilines is 3. The third-order valence-corrected chi connectivity index (χ3v) is 5.41. The van der Waals surface area contributed by atoms with Gasteiger partial charge in [-0.05, 0) is 50.6 Å². The molecular weight excluding hydrogens is 376 g/mol. The van der Waals surface area contributed by atoms with E-state index in [0.717, 1.165) is 35.7 Å². The Morgan fingerprint density at radius 2 is 1.80 bits per heavy atom. The number of carbonyl (C=O) groups is 1. The maximum atomic E-state index is 13.3. The summed E-state index contributed by atoms with van der Waals surface area (Å²) in [5, 5.41) is 10.6. The molecule has 1 aromatic heterocycles. The maximum absolute atomic E-state index is 13.3. The summed E-state index contributed by atoms with van der Waals surface area (Å²) in [7, 11) is 0. The van der Waals surface area contributed by atoms with E-state index in [0.29, 0.717) is 11.5 Å². The van der Waals surface area contributed by atoms with Crippen LogP contribution in [0.1, 0.15) is 32.4 Å². The smallest absolute Gasteiger partial charge is 0.255 e. The summed E-state index contributed by atoms with van der Waals surface area (Å²) in [6.07, 6.45) is 1.50. The van der Waals surface area contributed by atoms with E-state index in [1.54, 1.807) is 4.68 Å². The molecule has 7 heteroatoms. The highest BCUT2D eigenvalue weighted by Gasteiger charge is 2.33. The van der Waals surface area contributed by atoms with Gasteiger partial charge in [-0.1, -0.05) is 30.3 Å². The van der Waals surface area contributed by atoms with Crippen LogP contribution < -0.4 is 15.5 Å². The predicted molar refractivity (Wildman–Crippen MR) is 120 cm³/mol. The highest BCUT2D eigenvalue weighted by Crippen LogP contribution is 2.35. The number of rotatable bonds is 6. The molecule has 0 saturated carbocycles. The van der Waals surface area contributed by atoms with Crippen LogP contribution in [0.3, 0.4) is 0 Å². The second kappa shape index (κ2) is 8.41. The fourth-order valence-electron chi connectivity index (χ4n) is 3.87. The lowest BCUT2D eigenvalue weighted by Crippen LogP contribution is -2.31. The van der Waals surface area contributed by atoms with Crippen molar-refractivity contribution >= 4 is 23.2 Å². The number of fused-ring (bicyclic) bond motifs is 1. The molecule has 2 heterocycles. The van der Waals surface area contributed by atoms with Crippen molar-refractivity contribution in [2.45, 2.75) is 26.8 Å². The summed E-state index contributed by atoms with van der Waals surface area (Å²) in [4.78, 5) is 19.9. The first kappa shape index (κ1) is 19.7. The van der Waals surface area contributed by atoms with Crippen LogP contribution in [0.15, 0.2) is 72.2 Å². The first-order valence-corrected chi connectivity index (χ1v) is 10.2. The monoisotopic (exact) mass is 402 g/mol. The molecule has 30 heavy (non-hydrogen) atoms. The molecule has 1 unspecified atom stereocenters. The Morgan fingerprint density at radius 3 is 2.47 bits per heavy atom. The quantitative estimate of drug-likeness (QED) is 0.651. The van der Waals surface area contributed by atoms with Crippen molar-refractivity contribution in [1.29, 1.82) is 0 Å². The number of carbonyl (C=O) groups excluding carboxylic acids is 1. The fourth-order valence-corrected chi connectivity index (χ4v) is 3.87. The van der Waals surface area contributed by atoms with Gasteiger partial charge in [-0.15, -0.1) is 0 Å². The zero-order valence-corrected chi connectivity index (χ0v) is 17.5. The van der Waals surface area contributed by atoms with Gasteiger partial charge in [0.1, 0.15) is 12.4 Å². The Kier molecular flexibility index (Phi) is 5.52. The molecule has 0 aliphatic carbocycles. The largest absolute Gasteiger partial charge is 0.372 e. The molecule has 154 valence electrons. The minimum atomic E-state index is -0.363. The van der Waals surface area contributed by atoms with Gasteiger partial charge in [0.2, 0.25) is 5.95 Å². The van der Waals surface area contributed by atoms with E-state index in [1.165, 1.54) is 6.33 Å². The highest BCUT2D eigenvalue weighted by atomic mass is 16.1. The van der Waals surface area contributed by atoms with Gasteiger partial charge in [0.05, 0.1) is 5.57 Å². The second-order valence-corrected chi connectivity index (χ2v) is 7.18. The molecule has 1 aliphatic rings. The van der Waals surface area contributed by atoms with Crippen molar-refractivity contribution in [1.82, 2.24) is 14.8 Å². The molecule has 0 radical (unpaired) electrons. The van der Waals surface area contributed by atoms with Crippen molar-refractivity contribution in [3.63, 3.8) is 0 Å². The summed E-state index contributed by atoms with van der Waals surface area (Å²) in [5.74, 6) is 0.465. The SMILES string of the molecule is CCN(CC)c1ccc(C2C(C(=O)Nc3ccccc3)=C(C)Nc3ncnn32)cc1. The van der Waals surface area contributed by atoms with Crippen LogP contribution in [0.4, 0.5) is 17.3 Å². The molecule has 1 atom stereocenters. The van der Waals surface area contributed by atoms with Gasteiger partial charge in [-0.2, -0.15) is 10.1 Å². The number of benzene rings is 2. The van der Waals surface area contributed by atoms with Gasteiger partial charge in [-0.25, -0.2) is 4.68 Å². The number of nitrogens with zero attached hydrogens (tertiary/aromatic N) is 4. The molecule has 0 spiro atoms. The van der Waals surface area contributed by atoms with Crippen molar-refractivity contribution < 1.29 is 4.79 Å². The normalized spacial score (nSPS) is 15.4. The minimum Gasteiger partial charge on any atom is -0.372 e. The highest BCUT2D eigenvalue weighted by molar-refractivity contribution is 6.06. The van der Waals surface area contributed by atoms with Crippen LogP contribution in [0.2, 0.25) is 0 Å². The molecule has 7 nitrogen and oxygen atoms in total. The molecule has 1 aliphatic heterocycles. The Hall–Kier alpha value is -3.61. The molecular formula is C23H26N6O. The number of amides is 1. The van der Waals surface area contributed by atoms with Crippen LogP contribution in [0, 0.1) is 0 Å². The average Bonchev–Trinajstić information content (AvgIpc) is 3.23. The summed E-state index contributed by atoms with van der Waals surface area (Å²) >= 11 is 0. The summed E-state index contributed by atoms with van der Waals surface area (Å²) in [6, 6.07) is 17.4. The Bertz CT molecular complexity index is 1050. The van der Waals surface area contributed by atoms with Crippen molar-refractivity contribution in [3.05, 3.63) is 77.8 Å². The van der Waals surface area contributed by atoms with E-state index in [9.17, 15) is 4.79 Å². The standard InChI is InChI=1S/C23H26N6O/c1-4-28(5-2)19-13-11-17(12-14-19)21-20(16(3)26-23-24-15-25-29(21)23)22(30)27-18-9-7-6-8-10-18/h6-15,21H,4-5H2,1-3H3,(H,27,30)(H,24,25,26). The topological polar surface area (TPSA) is 75.1 Å². The minimum absolute atomic E-state index is 0.162. The van der Waals surface area contributed by atoms with Gasteiger partial charge in [0.25, 0.3) is 5.91 Å². The summed E-state index contributed by atoms with van der Waals surface area (Å²) < 4.78 is 1.76. The first-order valence-electron chi connectivity index (χ1n) is 10.2. The van der Waals surface area contributed by atoms with Gasteiger partial charge in [-0.3, -0.25) is 4.79 Å². The second-order valence-electron chi connectivity index (χ2n) is 7.18. The number of aromatic nitrogens is 3. The Morgan fingerprint density at radius 1 is 1.10 bits per heavy atom. The Labute approximate surface area is 176 Å². The van der Waals surface area contributed by atoms with Crippen LogP contribution >= 0.6 is 0 Å². The number of para-hydroxylation sites is 1. The van der Waals surface area contributed by atoms with Crippen molar-refractivity contribution in [3.8, 4) is 0 Å². The fraction of sp³-hybridized carbons (Fsp3) is 0.261. The summed E-state index contributed by atoms with van der Waals surface area (Å²) in [5.41, 5.74) is 4.28. The lowest BCUT2D eigenvalue weighted by molar-refractivity contribution is -0.113. The number of hydrogen-bond acceptors (Lipinski definition) is 5. The van der Waals surface area contributed by atoms with Gasteiger partial charge in [0.15, 0.2) is 0 Å². The lowest BCUT2D eigenvalue weighted by Gasteiger charge is -2.29. The molecule has 2 aromatic carbocycles. The third-order valence-electron chi connectivity index (χ3n) is 5.41. The third kappa shape index (κ3) is 3.66. The zero-order chi connectivity index (χ0) is 21.1. The molecule has 1 amide bonds. The van der Waals surface area contributed by atoms with Crippen LogP contribution in [-0.2, 0) is 4.79 Å². The van der Waals surface area contributed by atoms with Crippen LogP contribution in [0.5, 0.6) is 0 Å². The van der Waals surface area contributed by atoms with E-state index < -0.39 is 0 Å². The van der Waals surface area contributed by atoms with E-state index in [1.807, 2.05) is 37.3 Å². The number of hydrogen-bond donors (Lipinski definition) is 2. The summed E-state index contributed by atoms with van der Waals surface area (Å²) in [6.45, 7) is 8.07. The zero-order valence-electron chi connectivity index (χ0n) is 17.5. The van der Waals surface area contributed by atoms with Crippen LogP contribution in [0.25, 0.3) is 0 Å². The molecule has 0 bridgehead atoms. The van der Waals surface area contributed by atoms with Gasteiger partial charge < -0.3 is 15.5 Å². The van der Waals surface area contributed by atoms with Crippen molar-refractivity contribution in [2.24, 2.45) is 0 Å².